The molecule has 1 aromatic heterocycles. The van der Waals surface area contributed by atoms with Crippen LogP contribution in [0.5, 0.6) is 0 Å². The van der Waals surface area contributed by atoms with Gasteiger partial charge in [-0.05, 0) is 18.2 Å². The van der Waals surface area contributed by atoms with E-state index in [2.05, 4.69) is 15.3 Å². The fraction of sp³-hybridized carbons (Fsp3) is 0.0833. The fourth-order valence-corrected chi connectivity index (χ4v) is 1.56. The zero-order chi connectivity index (χ0) is 15.6. The third-order valence-corrected chi connectivity index (χ3v) is 2.51. The normalized spacial score (nSPS) is 11.2. The zero-order valence-corrected chi connectivity index (χ0v) is 10.2. The van der Waals surface area contributed by atoms with E-state index in [-0.39, 0.29) is 17.6 Å². The van der Waals surface area contributed by atoms with Crippen molar-refractivity contribution in [3.8, 4) is 0 Å². The Labute approximate surface area is 115 Å². The van der Waals surface area contributed by atoms with E-state index < -0.39 is 29.0 Å². The Kier molecular flexibility index (Phi) is 3.74. The number of halogens is 4. The molecule has 0 aliphatic rings. The molecular weight excluding hydrogens is 294 g/mol. The molecule has 2 N–H and O–H groups in total. The summed E-state index contributed by atoms with van der Waals surface area (Å²) in [5, 5.41) is 2.12. The fourth-order valence-electron chi connectivity index (χ4n) is 1.56. The van der Waals surface area contributed by atoms with Crippen LogP contribution in [0.15, 0.2) is 24.5 Å². The molecule has 2 aromatic rings. The van der Waals surface area contributed by atoms with Crippen LogP contribution < -0.4 is 5.32 Å². The zero-order valence-electron chi connectivity index (χ0n) is 10.2. The lowest BCUT2D eigenvalue weighted by Gasteiger charge is -2.09. The molecule has 0 radical (unpaired) electrons. The smallest absolute Gasteiger partial charge is 0.341 e. The third-order valence-electron chi connectivity index (χ3n) is 2.51. The minimum Gasteiger partial charge on any atom is -0.341 e. The highest BCUT2D eigenvalue weighted by atomic mass is 19.4. The van der Waals surface area contributed by atoms with E-state index in [1.54, 1.807) is 0 Å². The highest BCUT2D eigenvalue weighted by molar-refractivity contribution is 6.05. The minimum atomic E-state index is -4.78. The first-order chi connectivity index (χ1) is 9.81. The number of aromatic nitrogens is 2. The van der Waals surface area contributed by atoms with Crippen molar-refractivity contribution in [1.82, 2.24) is 9.97 Å². The van der Waals surface area contributed by atoms with E-state index in [0.29, 0.717) is 18.4 Å². The third kappa shape index (κ3) is 3.25. The number of aldehydes is 1. The van der Waals surface area contributed by atoms with Gasteiger partial charge >= 0.3 is 6.18 Å². The lowest BCUT2D eigenvalue weighted by Crippen LogP contribution is -2.15. The standard InChI is InChI=1S/C12H7F4N3O2/c13-8-2-6(1-7(3-8)12(14,15)16)11(21)19-10-9(4-20)17-5-18-10/h1-5H,(H,17,18)(H,19,21). The number of anilines is 1. The molecule has 0 atom stereocenters. The molecule has 0 spiro atoms. The number of nitrogens with zero attached hydrogens (tertiary/aromatic N) is 1. The number of imidazole rings is 1. The molecule has 1 heterocycles. The van der Waals surface area contributed by atoms with E-state index >= 15 is 0 Å². The van der Waals surface area contributed by atoms with Gasteiger partial charge in [-0.1, -0.05) is 0 Å². The molecule has 0 bridgehead atoms. The number of aromatic amines is 1. The van der Waals surface area contributed by atoms with Gasteiger partial charge in [-0.25, -0.2) is 9.37 Å². The molecular formula is C12H7F4N3O2. The van der Waals surface area contributed by atoms with Crippen molar-refractivity contribution in [3.63, 3.8) is 0 Å². The van der Waals surface area contributed by atoms with E-state index in [0.717, 1.165) is 6.33 Å². The molecule has 21 heavy (non-hydrogen) atoms. The van der Waals surface area contributed by atoms with Gasteiger partial charge in [-0.3, -0.25) is 9.59 Å². The highest BCUT2D eigenvalue weighted by Gasteiger charge is 2.32. The number of hydrogen-bond donors (Lipinski definition) is 2. The van der Waals surface area contributed by atoms with Crippen LogP contribution in [0.4, 0.5) is 23.4 Å². The van der Waals surface area contributed by atoms with Gasteiger partial charge in [-0.15, -0.1) is 0 Å². The van der Waals surface area contributed by atoms with Crippen molar-refractivity contribution in [3.05, 3.63) is 47.2 Å². The van der Waals surface area contributed by atoms with E-state index in [4.69, 9.17) is 0 Å². The Hall–Kier alpha value is -2.71. The van der Waals surface area contributed by atoms with E-state index in [9.17, 15) is 27.2 Å². The van der Waals surface area contributed by atoms with Crippen molar-refractivity contribution in [2.45, 2.75) is 6.18 Å². The summed E-state index contributed by atoms with van der Waals surface area (Å²) in [4.78, 5) is 28.4. The average Bonchev–Trinajstić information content (AvgIpc) is 2.84. The molecule has 1 aromatic carbocycles. The van der Waals surface area contributed by atoms with Gasteiger partial charge in [0.25, 0.3) is 5.91 Å². The van der Waals surface area contributed by atoms with E-state index in [1.807, 2.05) is 0 Å². The van der Waals surface area contributed by atoms with Crippen LogP contribution in [0, 0.1) is 5.82 Å². The summed E-state index contributed by atoms with van der Waals surface area (Å²) in [5.41, 5.74) is -1.89. The first kappa shape index (κ1) is 14.7. The number of carbonyl (C=O) groups is 2. The van der Waals surface area contributed by atoms with Crippen LogP contribution in [0.25, 0.3) is 0 Å². The summed E-state index contributed by atoms with van der Waals surface area (Å²) < 4.78 is 50.8. The molecule has 0 aliphatic heterocycles. The van der Waals surface area contributed by atoms with Crippen molar-refractivity contribution >= 4 is 18.0 Å². The average molecular weight is 301 g/mol. The summed E-state index contributed by atoms with van der Waals surface area (Å²) in [7, 11) is 0. The number of hydrogen-bond acceptors (Lipinski definition) is 3. The predicted molar refractivity (Wildman–Crippen MR) is 63.3 cm³/mol. The summed E-state index contributed by atoms with van der Waals surface area (Å²) in [6.07, 6.45) is -3.29. The van der Waals surface area contributed by atoms with Crippen molar-refractivity contribution < 1.29 is 27.2 Å². The first-order valence-electron chi connectivity index (χ1n) is 5.49. The van der Waals surface area contributed by atoms with Crippen molar-refractivity contribution in [2.24, 2.45) is 0 Å². The number of benzene rings is 1. The number of H-pyrrole nitrogens is 1. The monoisotopic (exact) mass is 301 g/mol. The summed E-state index contributed by atoms with van der Waals surface area (Å²) >= 11 is 0. The maximum Gasteiger partial charge on any atom is 0.416 e. The van der Waals surface area contributed by atoms with Crippen LogP contribution in [0.2, 0.25) is 0 Å². The maximum absolute atomic E-state index is 13.2. The van der Waals surface area contributed by atoms with E-state index in [1.165, 1.54) is 0 Å². The number of alkyl halides is 3. The second kappa shape index (κ2) is 5.35. The Bertz CT molecular complexity index is 694. The molecule has 9 heteroatoms. The highest BCUT2D eigenvalue weighted by Crippen LogP contribution is 2.30. The van der Waals surface area contributed by atoms with Gasteiger partial charge in [-0.2, -0.15) is 13.2 Å². The van der Waals surface area contributed by atoms with Crippen LogP contribution in [0.1, 0.15) is 26.4 Å². The van der Waals surface area contributed by atoms with Gasteiger partial charge in [0.05, 0.1) is 11.9 Å². The largest absolute Gasteiger partial charge is 0.416 e. The maximum atomic E-state index is 13.2. The second-order valence-corrected chi connectivity index (χ2v) is 3.96. The van der Waals surface area contributed by atoms with Gasteiger partial charge < -0.3 is 10.3 Å². The lowest BCUT2D eigenvalue weighted by atomic mass is 10.1. The number of carbonyl (C=O) groups excluding carboxylic acids is 2. The molecule has 0 fully saturated rings. The molecule has 2 rings (SSSR count). The summed E-state index contributed by atoms with van der Waals surface area (Å²) in [5.74, 6) is -2.38. The second-order valence-electron chi connectivity index (χ2n) is 3.96. The summed E-state index contributed by atoms with van der Waals surface area (Å²) in [6, 6.07) is 1.44. The predicted octanol–water partition coefficient (Wildman–Crippen LogP) is 2.63. The van der Waals surface area contributed by atoms with Crippen LogP contribution in [-0.2, 0) is 6.18 Å². The number of amides is 1. The SMILES string of the molecule is O=Cc1[nH]cnc1NC(=O)c1cc(F)cc(C(F)(F)F)c1. The number of nitrogens with one attached hydrogen (secondary N) is 2. The minimum absolute atomic E-state index is 0.0594. The lowest BCUT2D eigenvalue weighted by molar-refractivity contribution is -0.137. The van der Waals surface area contributed by atoms with Gasteiger partial charge in [0.2, 0.25) is 0 Å². The summed E-state index contributed by atoms with van der Waals surface area (Å²) in [6.45, 7) is 0. The molecule has 1 amide bonds. The molecule has 0 unspecified atom stereocenters. The number of rotatable bonds is 3. The molecule has 0 aliphatic carbocycles. The van der Waals surface area contributed by atoms with Gasteiger partial charge in [0, 0.05) is 5.56 Å². The topological polar surface area (TPSA) is 74.8 Å². The molecule has 0 saturated carbocycles. The molecule has 5 nitrogen and oxygen atoms in total. The Balaban J connectivity index is 2.31. The molecule has 0 saturated heterocycles. The Morgan fingerprint density at radius 2 is 2.00 bits per heavy atom. The van der Waals surface area contributed by atoms with Gasteiger partial charge in [0.1, 0.15) is 11.5 Å². The van der Waals surface area contributed by atoms with Crippen LogP contribution in [0.3, 0.4) is 0 Å². The quantitative estimate of drug-likeness (QED) is 0.676. The molecule has 110 valence electrons. The first-order valence-corrected chi connectivity index (χ1v) is 5.49. The van der Waals surface area contributed by atoms with Crippen molar-refractivity contribution in [2.75, 3.05) is 5.32 Å². The Morgan fingerprint density at radius 3 is 2.62 bits per heavy atom. The van der Waals surface area contributed by atoms with Gasteiger partial charge in [0.15, 0.2) is 12.1 Å². The van der Waals surface area contributed by atoms with Crippen molar-refractivity contribution in [1.29, 1.82) is 0 Å². The van der Waals surface area contributed by atoms with Crippen LogP contribution >= 0.6 is 0 Å². The van der Waals surface area contributed by atoms with Crippen LogP contribution in [-0.4, -0.2) is 22.2 Å². The Morgan fingerprint density at radius 1 is 1.29 bits per heavy atom.